The number of nitrogens with one attached hydrogen (secondary N) is 1. The maximum atomic E-state index is 5.57. The highest BCUT2D eigenvalue weighted by atomic mass is 16.5. The summed E-state index contributed by atoms with van der Waals surface area (Å²) in [6.07, 6.45) is 1.04. The third-order valence-electron chi connectivity index (χ3n) is 2.98. The second kappa shape index (κ2) is 8.77. The zero-order valence-electron chi connectivity index (χ0n) is 12.4. The van der Waals surface area contributed by atoms with E-state index in [0.29, 0.717) is 12.6 Å². The molecular formula is C15H25NO3. The Kier molecular flexibility index (Phi) is 7.30. The van der Waals surface area contributed by atoms with Crippen molar-refractivity contribution < 1.29 is 14.2 Å². The van der Waals surface area contributed by atoms with Crippen LogP contribution in [0.1, 0.15) is 25.8 Å². The number of benzene rings is 1. The highest BCUT2D eigenvalue weighted by Gasteiger charge is 2.08. The van der Waals surface area contributed by atoms with Gasteiger partial charge in [-0.05, 0) is 31.0 Å². The summed E-state index contributed by atoms with van der Waals surface area (Å²) < 4.78 is 16.0. The lowest BCUT2D eigenvalue weighted by Crippen LogP contribution is -2.31. The molecule has 0 radical (unpaired) electrons. The normalized spacial score (nSPS) is 12.2. The van der Waals surface area contributed by atoms with Gasteiger partial charge in [0.25, 0.3) is 0 Å². The molecule has 1 unspecified atom stereocenters. The summed E-state index contributed by atoms with van der Waals surface area (Å²) in [4.78, 5) is 0. The second-order valence-electron chi connectivity index (χ2n) is 4.36. The van der Waals surface area contributed by atoms with Crippen LogP contribution in [0.2, 0.25) is 0 Å². The molecule has 0 bridgehead atoms. The van der Waals surface area contributed by atoms with Crippen molar-refractivity contribution in [1.82, 2.24) is 5.32 Å². The van der Waals surface area contributed by atoms with Crippen molar-refractivity contribution in [3.8, 4) is 11.5 Å². The molecule has 0 amide bonds. The maximum absolute atomic E-state index is 5.57. The van der Waals surface area contributed by atoms with E-state index in [1.807, 2.05) is 25.1 Å². The van der Waals surface area contributed by atoms with Crippen molar-refractivity contribution >= 4 is 0 Å². The van der Waals surface area contributed by atoms with Crippen LogP contribution in [-0.2, 0) is 11.3 Å². The fourth-order valence-electron chi connectivity index (χ4n) is 1.88. The first-order valence-corrected chi connectivity index (χ1v) is 6.77. The predicted octanol–water partition coefficient (Wildman–Crippen LogP) is 2.61. The summed E-state index contributed by atoms with van der Waals surface area (Å²) >= 11 is 0. The van der Waals surface area contributed by atoms with E-state index >= 15 is 0 Å². The van der Waals surface area contributed by atoms with Gasteiger partial charge in [-0.25, -0.2) is 0 Å². The SMILES string of the molecule is CCOc1cc(CNC(CC)COC)ccc1OC. The average molecular weight is 267 g/mol. The van der Waals surface area contributed by atoms with Gasteiger partial charge in [0.15, 0.2) is 11.5 Å². The molecule has 1 rings (SSSR count). The molecule has 0 saturated carbocycles. The van der Waals surface area contributed by atoms with Crippen LogP contribution in [0.3, 0.4) is 0 Å². The van der Waals surface area contributed by atoms with E-state index in [2.05, 4.69) is 12.2 Å². The summed E-state index contributed by atoms with van der Waals surface area (Å²) in [6, 6.07) is 6.39. The fourth-order valence-corrected chi connectivity index (χ4v) is 1.88. The van der Waals surface area contributed by atoms with Gasteiger partial charge in [-0.1, -0.05) is 13.0 Å². The van der Waals surface area contributed by atoms with Crippen molar-refractivity contribution in [3.63, 3.8) is 0 Å². The van der Waals surface area contributed by atoms with Crippen molar-refractivity contribution in [1.29, 1.82) is 0 Å². The average Bonchev–Trinajstić information content (AvgIpc) is 2.44. The summed E-state index contributed by atoms with van der Waals surface area (Å²) in [6.45, 7) is 6.28. The van der Waals surface area contributed by atoms with Crippen LogP contribution in [0.4, 0.5) is 0 Å². The van der Waals surface area contributed by atoms with Gasteiger partial charge in [0.2, 0.25) is 0 Å². The van der Waals surface area contributed by atoms with Crippen molar-refractivity contribution in [2.24, 2.45) is 0 Å². The molecule has 0 aliphatic carbocycles. The van der Waals surface area contributed by atoms with Gasteiger partial charge < -0.3 is 19.5 Å². The topological polar surface area (TPSA) is 39.7 Å². The van der Waals surface area contributed by atoms with E-state index in [1.165, 1.54) is 5.56 Å². The van der Waals surface area contributed by atoms with E-state index < -0.39 is 0 Å². The molecule has 0 aromatic heterocycles. The Labute approximate surface area is 116 Å². The van der Waals surface area contributed by atoms with E-state index in [4.69, 9.17) is 14.2 Å². The quantitative estimate of drug-likeness (QED) is 0.746. The van der Waals surface area contributed by atoms with Crippen LogP contribution >= 0.6 is 0 Å². The first-order valence-electron chi connectivity index (χ1n) is 6.77. The maximum Gasteiger partial charge on any atom is 0.161 e. The molecule has 108 valence electrons. The van der Waals surface area contributed by atoms with Crippen LogP contribution in [0, 0.1) is 0 Å². The van der Waals surface area contributed by atoms with Crippen LogP contribution in [-0.4, -0.2) is 33.5 Å². The van der Waals surface area contributed by atoms with Gasteiger partial charge >= 0.3 is 0 Å². The van der Waals surface area contributed by atoms with Crippen molar-refractivity contribution in [2.45, 2.75) is 32.9 Å². The van der Waals surface area contributed by atoms with Crippen LogP contribution in [0.15, 0.2) is 18.2 Å². The fraction of sp³-hybridized carbons (Fsp3) is 0.600. The van der Waals surface area contributed by atoms with Gasteiger partial charge in [0.05, 0.1) is 20.3 Å². The Morgan fingerprint density at radius 2 is 1.95 bits per heavy atom. The summed E-state index contributed by atoms with van der Waals surface area (Å²) in [5.41, 5.74) is 1.18. The predicted molar refractivity (Wildman–Crippen MR) is 77.0 cm³/mol. The smallest absolute Gasteiger partial charge is 0.161 e. The molecule has 1 atom stereocenters. The van der Waals surface area contributed by atoms with Gasteiger partial charge in [-0.15, -0.1) is 0 Å². The molecule has 0 aliphatic rings. The monoisotopic (exact) mass is 267 g/mol. The van der Waals surface area contributed by atoms with Crippen LogP contribution in [0.5, 0.6) is 11.5 Å². The Morgan fingerprint density at radius 1 is 1.16 bits per heavy atom. The standard InChI is InChI=1S/C15H25NO3/c1-5-13(11-17-3)16-10-12-7-8-14(18-4)15(9-12)19-6-2/h7-9,13,16H,5-6,10-11H2,1-4H3. The van der Waals surface area contributed by atoms with Crippen molar-refractivity contribution in [3.05, 3.63) is 23.8 Å². The van der Waals surface area contributed by atoms with Gasteiger partial charge in [0.1, 0.15) is 0 Å². The largest absolute Gasteiger partial charge is 0.493 e. The van der Waals surface area contributed by atoms with Gasteiger partial charge in [0, 0.05) is 19.7 Å². The highest BCUT2D eigenvalue weighted by Crippen LogP contribution is 2.28. The van der Waals surface area contributed by atoms with Crippen LogP contribution < -0.4 is 14.8 Å². The zero-order chi connectivity index (χ0) is 14.1. The van der Waals surface area contributed by atoms with Crippen molar-refractivity contribution in [2.75, 3.05) is 27.4 Å². The molecule has 4 heteroatoms. The Balaban J connectivity index is 2.65. The number of rotatable bonds is 9. The number of ether oxygens (including phenoxy) is 3. The molecule has 4 nitrogen and oxygen atoms in total. The van der Waals surface area contributed by atoms with Gasteiger partial charge in [-0.2, -0.15) is 0 Å². The van der Waals surface area contributed by atoms with E-state index in [1.54, 1.807) is 14.2 Å². The van der Waals surface area contributed by atoms with Crippen LogP contribution in [0.25, 0.3) is 0 Å². The first kappa shape index (κ1) is 15.8. The molecule has 1 aromatic rings. The second-order valence-corrected chi connectivity index (χ2v) is 4.36. The van der Waals surface area contributed by atoms with Gasteiger partial charge in [-0.3, -0.25) is 0 Å². The van der Waals surface area contributed by atoms with E-state index in [0.717, 1.165) is 31.1 Å². The summed E-state index contributed by atoms with van der Waals surface area (Å²) in [7, 11) is 3.38. The molecule has 19 heavy (non-hydrogen) atoms. The highest BCUT2D eigenvalue weighted by molar-refractivity contribution is 5.42. The molecule has 1 aromatic carbocycles. The molecule has 0 heterocycles. The molecule has 0 fully saturated rings. The third kappa shape index (κ3) is 5.09. The number of hydrogen-bond acceptors (Lipinski definition) is 4. The molecule has 0 spiro atoms. The molecule has 1 N–H and O–H groups in total. The minimum atomic E-state index is 0.377. The number of methoxy groups -OCH3 is 2. The lowest BCUT2D eigenvalue weighted by Gasteiger charge is -2.17. The molecular weight excluding hydrogens is 242 g/mol. The minimum Gasteiger partial charge on any atom is -0.493 e. The third-order valence-corrected chi connectivity index (χ3v) is 2.98. The lowest BCUT2D eigenvalue weighted by atomic mass is 10.1. The summed E-state index contributed by atoms with van der Waals surface area (Å²) in [5.74, 6) is 1.57. The lowest BCUT2D eigenvalue weighted by molar-refractivity contribution is 0.164. The van der Waals surface area contributed by atoms with E-state index in [9.17, 15) is 0 Å². The zero-order valence-corrected chi connectivity index (χ0v) is 12.4. The number of hydrogen-bond donors (Lipinski definition) is 1. The summed E-state index contributed by atoms with van der Waals surface area (Å²) in [5, 5.41) is 3.47. The Morgan fingerprint density at radius 3 is 2.53 bits per heavy atom. The Hall–Kier alpha value is -1.26. The Bertz CT molecular complexity index is 368. The molecule has 0 aliphatic heterocycles. The first-order chi connectivity index (χ1) is 9.24. The molecule has 0 saturated heterocycles. The van der Waals surface area contributed by atoms with E-state index in [-0.39, 0.29) is 0 Å². The minimum absolute atomic E-state index is 0.377.